The zero-order chi connectivity index (χ0) is 17.3. The number of hydrogen-bond donors (Lipinski definition) is 1. The minimum Gasteiger partial charge on any atom is -0.480 e. The third-order valence-corrected chi connectivity index (χ3v) is 4.75. The van der Waals surface area contributed by atoms with Crippen LogP contribution in [0.5, 0.6) is 0 Å². The van der Waals surface area contributed by atoms with Crippen LogP contribution in [0.3, 0.4) is 0 Å². The van der Waals surface area contributed by atoms with Crippen LogP contribution in [0.1, 0.15) is 30.3 Å². The molecule has 3 atom stereocenters. The van der Waals surface area contributed by atoms with Crippen LogP contribution < -0.4 is 0 Å². The van der Waals surface area contributed by atoms with Crippen LogP contribution in [0.2, 0.25) is 0 Å². The largest absolute Gasteiger partial charge is 0.480 e. The number of ether oxygens (including phenoxy) is 1. The summed E-state index contributed by atoms with van der Waals surface area (Å²) in [6.45, 7) is 6.08. The molecule has 3 unspecified atom stereocenters. The van der Waals surface area contributed by atoms with Crippen molar-refractivity contribution in [1.29, 1.82) is 0 Å². The maximum Gasteiger partial charge on any atom is 0.326 e. The Morgan fingerprint density at radius 1 is 1.43 bits per heavy atom. The maximum atomic E-state index is 12.7. The highest BCUT2D eigenvalue weighted by atomic mass is 16.5. The lowest BCUT2D eigenvalue weighted by Gasteiger charge is -2.25. The number of carboxylic acids is 1. The van der Waals surface area contributed by atoms with Gasteiger partial charge in [0.2, 0.25) is 5.91 Å². The van der Waals surface area contributed by atoms with E-state index in [2.05, 4.69) is 5.10 Å². The molecule has 7 heteroatoms. The standard InChI is InChI=1S/C16H25N3O4/c1-9(6-13-10(2)17-18(4)11(13)3)15(20)19-8-12(23-5)7-14(19)16(21)22/h9,12,14H,6-8H2,1-5H3,(H,21,22). The Bertz CT molecular complexity index is 611. The van der Waals surface area contributed by atoms with Crippen molar-refractivity contribution < 1.29 is 19.4 Å². The number of likely N-dealkylation sites (tertiary alicyclic amines) is 1. The monoisotopic (exact) mass is 323 g/mol. The molecule has 1 amide bonds. The van der Waals surface area contributed by atoms with Gasteiger partial charge in [0.15, 0.2) is 0 Å². The summed E-state index contributed by atoms with van der Waals surface area (Å²) in [5.74, 6) is -1.41. The molecule has 128 valence electrons. The number of carbonyl (C=O) groups excluding carboxylic acids is 1. The van der Waals surface area contributed by atoms with E-state index in [0.29, 0.717) is 19.4 Å². The molecule has 23 heavy (non-hydrogen) atoms. The molecule has 1 saturated heterocycles. The van der Waals surface area contributed by atoms with Gasteiger partial charge in [0.05, 0.1) is 11.8 Å². The number of rotatable bonds is 5. The van der Waals surface area contributed by atoms with Gasteiger partial charge in [-0.1, -0.05) is 6.92 Å². The molecule has 0 spiro atoms. The second kappa shape index (κ2) is 6.70. The van der Waals surface area contributed by atoms with Crippen molar-refractivity contribution >= 4 is 11.9 Å². The second-order valence-electron chi connectivity index (χ2n) is 6.32. The van der Waals surface area contributed by atoms with Crippen molar-refractivity contribution in [2.45, 2.75) is 45.8 Å². The van der Waals surface area contributed by atoms with E-state index in [1.165, 1.54) is 4.90 Å². The molecule has 1 aliphatic rings. The van der Waals surface area contributed by atoms with Crippen molar-refractivity contribution in [2.24, 2.45) is 13.0 Å². The Hall–Kier alpha value is -1.89. The molecule has 0 aromatic carbocycles. The molecule has 1 fully saturated rings. The van der Waals surface area contributed by atoms with Gasteiger partial charge in [-0.2, -0.15) is 5.10 Å². The molecule has 0 bridgehead atoms. The summed E-state index contributed by atoms with van der Waals surface area (Å²) in [5, 5.41) is 13.7. The van der Waals surface area contributed by atoms with Crippen LogP contribution in [0, 0.1) is 19.8 Å². The molecule has 7 nitrogen and oxygen atoms in total. The predicted molar refractivity (Wildman–Crippen MR) is 84.1 cm³/mol. The normalized spacial score (nSPS) is 22.4. The maximum absolute atomic E-state index is 12.7. The Morgan fingerprint density at radius 2 is 2.09 bits per heavy atom. The number of hydrogen-bond acceptors (Lipinski definition) is 4. The molecular weight excluding hydrogens is 298 g/mol. The predicted octanol–water partition coefficient (Wildman–Crippen LogP) is 0.916. The molecule has 2 rings (SSSR count). The minimum absolute atomic E-state index is 0.139. The Morgan fingerprint density at radius 3 is 2.57 bits per heavy atom. The lowest BCUT2D eigenvalue weighted by Crippen LogP contribution is -2.43. The highest BCUT2D eigenvalue weighted by molar-refractivity contribution is 5.85. The van der Waals surface area contributed by atoms with Gasteiger partial charge in [0.25, 0.3) is 0 Å². The van der Waals surface area contributed by atoms with E-state index in [4.69, 9.17) is 4.74 Å². The van der Waals surface area contributed by atoms with Gasteiger partial charge in [0, 0.05) is 38.7 Å². The van der Waals surface area contributed by atoms with E-state index in [9.17, 15) is 14.7 Å². The average Bonchev–Trinajstić information content (AvgIpc) is 3.03. The van der Waals surface area contributed by atoms with Gasteiger partial charge in [-0.25, -0.2) is 4.79 Å². The number of carbonyl (C=O) groups is 2. The number of nitrogens with zero attached hydrogens (tertiary/aromatic N) is 3. The number of amides is 1. The third kappa shape index (κ3) is 3.39. The van der Waals surface area contributed by atoms with Gasteiger partial charge in [-0.15, -0.1) is 0 Å². The molecule has 1 aromatic rings. The number of carboxylic acid groups (broad SMARTS) is 1. The number of methoxy groups -OCH3 is 1. The quantitative estimate of drug-likeness (QED) is 0.871. The number of aryl methyl sites for hydroxylation is 2. The zero-order valence-electron chi connectivity index (χ0n) is 14.4. The molecule has 0 saturated carbocycles. The Balaban J connectivity index is 2.14. The first-order valence-corrected chi connectivity index (χ1v) is 7.81. The Labute approximate surface area is 136 Å². The lowest BCUT2D eigenvalue weighted by molar-refractivity contribution is -0.149. The van der Waals surface area contributed by atoms with Crippen LogP contribution in [0.15, 0.2) is 0 Å². The molecular formula is C16H25N3O4. The second-order valence-corrected chi connectivity index (χ2v) is 6.32. The highest BCUT2D eigenvalue weighted by Crippen LogP contribution is 2.25. The van der Waals surface area contributed by atoms with Crippen LogP contribution in [-0.2, 0) is 27.8 Å². The first kappa shape index (κ1) is 17.5. The molecule has 1 aliphatic heterocycles. The summed E-state index contributed by atoms with van der Waals surface area (Å²) in [6.07, 6.45) is 0.689. The van der Waals surface area contributed by atoms with E-state index in [1.807, 2.05) is 27.8 Å². The van der Waals surface area contributed by atoms with Crippen LogP contribution >= 0.6 is 0 Å². The number of aliphatic carboxylic acids is 1. The molecule has 2 heterocycles. The topological polar surface area (TPSA) is 84.7 Å². The fourth-order valence-electron chi connectivity index (χ4n) is 3.24. The fourth-order valence-corrected chi connectivity index (χ4v) is 3.24. The summed E-state index contributed by atoms with van der Waals surface area (Å²) in [5.41, 5.74) is 3.01. The summed E-state index contributed by atoms with van der Waals surface area (Å²) >= 11 is 0. The van der Waals surface area contributed by atoms with Crippen LogP contribution in [-0.4, -0.2) is 57.5 Å². The van der Waals surface area contributed by atoms with Gasteiger partial charge in [-0.05, 0) is 25.8 Å². The molecule has 0 aliphatic carbocycles. The molecule has 1 aromatic heterocycles. The van der Waals surface area contributed by atoms with Crippen molar-refractivity contribution in [2.75, 3.05) is 13.7 Å². The summed E-state index contributed by atoms with van der Waals surface area (Å²) < 4.78 is 7.05. The summed E-state index contributed by atoms with van der Waals surface area (Å²) in [4.78, 5) is 25.6. The van der Waals surface area contributed by atoms with E-state index in [0.717, 1.165) is 17.0 Å². The lowest BCUT2D eigenvalue weighted by atomic mass is 9.98. The first-order valence-electron chi connectivity index (χ1n) is 7.81. The van der Waals surface area contributed by atoms with Crippen molar-refractivity contribution in [3.05, 3.63) is 17.0 Å². The van der Waals surface area contributed by atoms with E-state index >= 15 is 0 Å². The van der Waals surface area contributed by atoms with Crippen molar-refractivity contribution in [3.63, 3.8) is 0 Å². The molecule has 0 radical (unpaired) electrons. The van der Waals surface area contributed by atoms with Crippen LogP contribution in [0.4, 0.5) is 0 Å². The van der Waals surface area contributed by atoms with Gasteiger partial charge < -0.3 is 14.7 Å². The molecule has 1 N–H and O–H groups in total. The third-order valence-electron chi connectivity index (χ3n) is 4.75. The van der Waals surface area contributed by atoms with E-state index in [-0.39, 0.29) is 17.9 Å². The number of aromatic nitrogens is 2. The fraction of sp³-hybridized carbons (Fsp3) is 0.688. The summed E-state index contributed by atoms with van der Waals surface area (Å²) in [7, 11) is 3.42. The summed E-state index contributed by atoms with van der Waals surface area (Å²) in [6, 6.07) is -0.800. The average molecular weight is 323 g/mol. The Kier molecular flexibility index (Phi) is 5.09. The van der Waals surface area contributed by atoms with Gasteiger partial charge in [-0.3, -0.25) is 9.48 Å². The van der Waals surface area contributed by atoms with E-state index in [1.54, 1.807) is 11.8 Å². The zero-order valence-corrected chi connectivity index (χ0v) is 14.4. The highest BCUT2D eigenvalue weighted by Gasteiger charge is 2.41. The van der Waals surface area contributed by atoms with Gasteiger partial charge >= 0.3 is 5.97 Å². The van der Waals surface area contributed by atoms with Crippen molar-refractivity contribution in [3.8, 4) is 0 Å². The first-order chi connectivity index (χ1) is 10.8. The van der Waals surface area contributed by atoms with E-state index < -0.39 is 12.0 Å². The van der Waals surface area contributed by atoms with Crippen LogP contribution in [0.25, 0.3) is 0 Å². The minimum atomic E-state index is -0.973. The smallest absolute Gasteiger partial charge is 0.326 e. The van der Waals surface area contributed by atoms with Crippen molar-refractivity contribution in [1.82, 2.24) is 14.7 Å². The van der Waals surface area contributed by atoms with Gasteiger partial charge in [0.1, 0.15) is 6.04 Å². The SMILES string of the molecule is COC1CC(C(=O)O)N(C(=O)C(C)Cc2c(C)nn(C)c2C)C1.